The first-order valence-electron chi connectivity index (χ1n) is 5.07. The molecule has 0 atom stereocenters. The van der Waals surface area contributed by atoms with Crippen molar-refractivity contribution in [2.45, 2.75) is 6.92 Å². The molecule has 0 aliphatic carbocycles. The van der Waals surface area contributed by atoms with Gasteiger partial charge in [-0.25, -0.2) is 24.0 Å². The van der Waals surface area contributed by atoms with Gasteiger partial charge in [0.15, 0.2) is 5.82 Å². The van der Waals surface area contributed by atoms with E-state index in [1.54, 1.807) is 6.92 Å². The number of nitrogens with one attached hydrogen (secondary N) is 3. The molecule has 1 rings (SSSR count). The van der Waals surface area contributed by atoms with Crippen molar-refractivity contribution in [3.63, 3.8) is 0 Å². The van der Waals surface area contributed by atoms with Gasteiger partial charge in [-0.2, -0.15) is 0 Å². The Balaban J connectivity index is 2.45. The molecule has 0 unspecified atom stereocenters. The van der Waals surface area contributed by atoms with Crippen LogP contribution in [0.2, 0.25) is 0 Å². The van der Waals surface area contributed by atoms with Crippen LogP contribution in [0, 0.1) is 0 Å². The van der Waals surface area contributed by atoms with E-state index >= 15 is 0 Å². The minimum absolute atomic E-state index is 0.0250. The molecule has 1 heterocycles. The smallest absolute Gasteiger partial charge is 0.213 e. The summed E-state index contributed by atoms with van der Waals surface area (Å²) >= 11 is 0. The molecular weight excluding hydrogens is 244 g/mol. The summed E-state index contributed by atoms with van der Waals surface area (Å²) in [6.07, 6.45) is 2.95. The average Bonchev–Trinajstić information content (AvgIpc) is 2.29. The van der Waals surface area contributed by atoms with Crippen LogP contribution < -0.4 is 21.3 Å². The summed E-state index contributed by atoms with van der Waals surface area (Å²) in [6.45, 7) is 2.36. The Kier molecular flexibility index (Phi) is 5.07. The van der Waals surface area contributed by atoms with Gasteiger partial charge in [-0.05, 0) is 0 Å². The first kappa shape index (κ1) is 13.6. The molecule has 0 spiro atoms. The second-order valence-electron chi connectivity index (χ2n) is 3.18. The van der Waals surface area contributed by atoms with E-state index in [-0.39, 0.29) is 12.3 Å². The number of hydrogen-bond donors (Lipinski definition) is 4. The Morgan fingerprint density at radius 2 is 2.06 bits per heavy atom. The van der Waals surface area contributed by atoms with Crippen molar-refractivity contribution in [3.8, 4) is 0 Å². The van der Waals surface area contributed by atoms with E-state index in [1.165, 1.54) is 12.4 Å². The van der Waals surface area contributed by atoms with Crippen LogP contribution in [-0.2, 0) is 10.0 Å². The van der Waals surface area contributed by atoms with Gasteiger partial charge < -0.3 is 10.7 Å². The molecule has 5 N–H and O–H groups in total. The number of hydrogen-bond acceptors (Lipinski definition) is 7. The highest BCUT2D eigenvalue weighted by Gasteiger charge is 2.07. The lowest BCUT2D eigenvalue weighted by molar-refractivity contribution is 0.584. The zero-order valence-electron chi connectivity index (χ0n) is 9.47. The molecule has 1 aromatic heterocycles. The monoisotopic (exact) mass is 260 g/mol. The summed E-state index contributed by atoms with van der Waals surface area (Å²) in [5, 5.41) is 2.85. The first-order valence-corrected chi connectivity index (χ1v) is 6.72. The SMILES string of the molecule is CCNS(=O)(=O)CCNc1cncc(NN)n1. The fourth-order valence-electron chi connectivity index (χ4n) is 1.13. The topological polar surface area (TPSA) is 122 Å². The van der Waals surface area contributed by atoms with Crippen LogP contribution in [0.5, 0.6) is 0 Å². The fourth-order valence-corrected chi connectivity index (χ4v) is 2.08. The van der Waals surface area contributed by atoms with Gasteiger partial charge in [0.2, 0.25) is 10.0 Å². The van der Waals surface area contributed by atoms with E-state index in [9.17, 15) is 8.42 Å². The first-order chi connectivity index (χ1) is 8.07. The summed E-state index contributed by atoms with van der Waals surface area (Å²) in [5.41, 5.74) is 2.35. The fraction of sp³-hybridized carbons (Fsp3) is 0.500. The largest absolute Gasteiger partial charge is 0.368 e. The standard InChI is InChI=1S/C8H16N6O2S/c1-2-12-17(15,16)4-3-11-7-5-10-6-8(13-7)14-9/h5-6,12H,2-4,9H2,1H3,(H2,11,13,14). The molecule has 0 saturated carbocycles. The van der Waals surface area contributed by atoms with Gasteiger partial charge in [0.05, 0.1) is 18.1 Å². The molecular formula is C8H16N6O2S. The normalized spacial score (nSPS) is 11.2. The van der Waals surface area contributed by atoms with Crippen LogP contribution in [0.1, 0.15) is 6.92 Å². The van der Waals surface area contributed by atoms with Crippen molar-refractivity contribution in [3.05, 3.63) is 12.4 Å². The molecule has 0 aliphatic heterocycles. The third kappa shape index (κ3) is 4.93. The number of nitrogens with zero attached hydrogens (tertiary/aromatic N) is 2. The third-order valence-corrected chi connectivity index (χ3v) is 3.29. The molecule has 0 aliphatic rings. The van der Waals surface area contributed by atoms with Gasteiger partial charge in [0.25, 0.3) is 0 Å². The molecule has 0 radical (unpaired) electrons. The minimum Gasteiger partial charge on any atom is -0.368 e. The molecule has 17 heavy (non-hydrogen) atoms. The van der Waals surface area contributed by atoms with Crippen molar-refractivity contribution in [2.75, 3.05) is 29.6 Å². The maximum atomic E-state index is 11.3. The number of sulfonamides is 1. The van der Waals surface area contributed by atoms with Crippen LogP contribution in [0.15, 0.2) is 12.4 Å². The maximum absolute atomic E-state index is 11.3. The highest BCUT2D eigenvalue weighted by molar-refractivity contribution is 7.89. The van der Waals surface area contributed by atoms with Crippen LogP contribution in [0.25, 0.3) is 0 Å². The molecule has 0 fully saturated rings. The molecule has 8 nitrogen and oxygen atoms in total. The van der Waals surface area contributed by atoms with Crippen molar-refractivity contribution in [1.82, 2.24) is 14.7 Å². The zero-order chi connectivity index (χ0) is 12.7. The van der Waals surface area contributed by atoms with Crippen molar-refractivity contribution in [2.24, 2.45) is 5.84 Å². The predicted octanol–water partition coefficient (Wildman–Crippen LogP) is -0.887. The van der Waals surface area contributed by atoms with Crippen molar-refractivity contribution >= 4 is 21.7 Å². The number of anilines is 2. The average molecular weight is 260 g/mol. The Morgan fingerprint density at radius 1 is 1.35 bits per heavy atom. The Morgan fingerprint density at radius 3 is 2.71 bits per heavy atom. The van der Waals surface area contributed by atoms with Crippen LogP contribution in [0.3, 0.4) is 0 Å². The lowest BCUT2D eigenvalue weighted by Gasteiger charge is -2.07. The number of rotatable bonds is 7. The lowest BCUT2D eigenvalue weighted by Crippen LogP contribution is -2.29. The Bertz CT molecular complexity index is 449. The number of aromatic nitrogens is 2. The number of hydrazine groups is 1. The van der Waals surface area contributed by atoms with Crippen LogP contribution in [0.4, 0.5) is 11.6 Å². The zero-order valence-corrected chi connectivity index (χ0v) is 10.3. The molecule has 96 valence electrons. The summed E-state index contributed by atoms with van der Waals surface area (Å²) in [7, 11) is -3.22. The van der Waals surface area contributed by atoms with E-state index in [0.29, 0.717) is 18.2 Å². The predicted molar refractivity (Wildman–Crippen MR) is 65.8 cm³/mol. The molecule has 1 aromatic rings. The molecule has 9 heteroatoms. The quantitative estimate of drug-likeness (QED) is 0.370. The number of nitrogen functional groups attached to an aromatic ring is 1. The van der Waals surface area contributed by atoms with Gasteiger partial charge in [0, 0.05) is 13.1 Å². The van der Waals surface area contributed by atoms with E-state index in [2.05, 4.69) is 25.4 Å². The second kappa shape index (κ2) is 6.33. The van der Waals surface area contributed by atoms with E-state index < -0.39 is 10.0 Å². The summed E-state index contributed by atoms with van der Waals surface area (Å²) in [6, 6.07) is 0. The van der Waals surface area contributed by atoms with Crippen LogP contribution >= 0.6 is 0 Å². The van der Waals surface area contributed by atoms with Gasteiger partial charge in [-0.1, -0.05) is 6.92 Å². The van der Waals surface area contributed by atoms with Crippen LogP contribution in [-0.4, -0.2) is 37.2 Å². The Labute approximate surface area is 100 Å². The van der Waals surface area contributed by atoms with Gasteiger partial charge >= 0.3 is 0 Å². The number of nitrogens with two attached hydrogens (primary N) is 1. The van der Waals surface area contributed by atoms with Gasteiger partial charge in [0.1, 0.15) is 5.82 Å². The Hall–Kier alpha value is -1.45. The van der Waals surface area contributed by atoms with E-state index in [4.69, 9.17) is 5.84 Å². The molecule has 0 saturated heterocycles. The summed E-state index contributed by atoms with van der Waals surface area (Å²) in [5.74, 6) is 6.02. The third-order valence-electron chi connectivity index (χ3n) is 1.82. The highest BCUT2D eigenvalue weighted by Crippen LogP contribution is 2.04. The summed E-state index contributed by atoms with van der Waals surface area (Å²) < 4.78 is 25.0. The van der Waals surface area contributed by atoms with Gasteiger partial charge in [-0.3, -0.25) is 4.98 Å². The minimum atomic E-state index is -3.22. The molecule has 0 aromatic carbocycles. The molecule has 0 bridgehead atoms. The van der Waals surface area contributed by atoms with E-state index in [0.717, 1.165) is 0 Å². The lowest BCUT2D eigenvalue weighted by atomic mass is 10.6. The summed E-state index contributed by atoms with van der Waals surface area (Å²) in [4.78, 5) is 7.91. The van der Waals surface area contributed by atoms with Crippen molar-refractivity contribution in [1.29, 1.82) is 0 Å². The maximum Gasteiger partial charge on any atom is 0.213 e. The van der Waals surface area contributed by atoms with Gasteiger partial charge in [-0.15, -0.1) is 0 Å². The highest BCUT2D eigenvalue weighted by atomic mass is 32.2. The van der Waals surface area contributed by atoms with Crippen molar-refractivity contribution < 1.29 is 8.42 Å². The molecule has 0 amide bonds. The van der Waals surface area contributed by atoms with E-state index in [1.807, 2.05) is 0 Å². The second-order valence-corrected chi connectivity index (χ2v) is 5.10.